The van der Waals surface area contributed by atoms with Crippen molar-refractivity contribution in [1.82, 2.24) is 0 Å². The predicted octanol–water partition coefficient (Wildman–Crippen LogP) is 9.02. The molecule has 0 amide bonds. The van der Waals surface area contributed by atoms with E-state index in [-0.39, 0.29) is 19.5 Å². The second kappa shape index (κ2) is 28.8. The van der Waals surface area contributed by atoms with Gasteiger partial charge in [-0.15, -0.1) is 0 Å². The Hall–Kier alpha value is -2.00. The normalized spacial score (nSPS) is 10.5. The Balaban J connectivity index is 0.000000802. The van der Waals surface area contributed by atoms with Crippen LogP contribution < -0.4 is 10.2 Å². The summed E-state index contributed by atoms with van der Waals surface area (Å²) in [7, 11) is 0. The molecular formula is C38H58O4Zn. The summed E-state index contributed by atoms with van der Waals surface area (Å²) in [5.41, 5.74) is 2.54. The van der Waals surface area contributed by atoms with Crippen LogP contribution in [0.5, 0.6) is 0 Å². The Morgan fingerprint density at radius 3 is 0.977 bits per heavy atom. The molecule has 0 radical (unpaired) electrons. The first-order valence-corrected chi connectivity index (χ1v) is 17.1. The van der Waals surface area contributed by atoms with E-state index >= 15 is 0 Å². The summed E-state index contributed by atoms with van der Waals surface area (Å²) in [5.74, 6) is -2.12. The molecule has 0 aromatic heterocycles. The van der Waals surface area contributed by atoms with E-state index in [2.05, 4.69) is 13.8 Å². The van der Waals surface area contributed by atoms with Crippen LogP contribution in [0.25, 0.3) is 0 Å². The van der Waals surface area contributed by atoms with Crippen LogP contribution in [-0.4, -0.2) is 11.9 Å². The van der Waals surface area contributed by atoms with Crippen LogP contribution in [0.4, 0.5) is 0 Å². The standard InChI is InChI=1S/2C19H30O2.Zn/c2*1-2-3-4-5-6-7-8-9-10-11-14-17-15-12-13-16-18(17)19(20)21;/h2*12-13,15-16H,2-11,14H2,1H3,(H,20,21);/q;;+2/p-2. The summed E-state index contributed by atoms with van der Waals surface area (Å²) >= 11 is 0. The van der Waals surface area contributed by atoms with Crippen LogP contribution in [0.3, 0.4) is 0 Å². The molecule has 2 rings (SSSR count). The molecule has 0 fully saturated rings. The van der Waals surface area contributed by atoms with Crippen molar-refractivity contribution < 1.29 is 39.3 Å². The summed E-state index contributed by atoms with van der Waals surface area (Å²) in [6, 6.07) is 14.4. The number of carboxylic acids is 2. The van der Waals surface area contributed by atoms with Crippen molar-refractivity contribution in [3.05, 3.63) is 70.8 Å². The zero-order valence-electron chi connectivity index (χ0n) is 27.5. The summed E-state index contributed by atoms with van der Waals surface area (Å²) in [4.78, 5) is 22.0. The molecule has 0 unspecified atom stereocenters. The van der Waals surface area contributed by atoms with Crippen molar-refractivity contribution in [2.24, 2.45) is 0 Å². The van der Waals surface area contributed by atoms with Gasteiger partial charge >= 0.3 is 19.5 Å². The molecule has 0 bridgehead atoms. The number of carbonyl (C=O) groups is 2. The molecular weight excluding hydrogens is 586 g/mol. The summed E-state index contributed by atoms with van der Waals surface area (Å²) in [5, 5.41) is 22.0. The Labute approximate surface area is 276 Å². The molecule has 0 heterocycles. The quantitative estimate of drug-likeness (QED) is 0.0844. The number of carbonyl (C=O) groups excluding carboxylic acids is 2. The van der Waals surface area contributed by atoms with Crippen LogP contribution in [0.15, 0.2) is 48.5 Å². The fourth-order valence-electron chi connectivity index (χ4n) is 5.48. The van der Waals surface area contributed by atoms with Gasteiger partial charge < -0.3 is 19.8 Å². The molecule has 0 aliphatic heterocycles. The van der Waals surface area contributed by atoms with Gasteiger partial charge in [0.15, 0.2) is 0 Å². The number of hydrogen-bond acceptors (Lipinski definition) is 4. The fraction of sp³-hybridized carbons (Fsp3) is 0.632. The molecule has 0 atom stereocenters. The first-order valence-electron chi connectivity index (χ1n) is 17.1. The number of benzene rings is 2. The molecule has 2 aromatic rings. The largest absolute Gasteiger partial charge is 2.00 e. The smallest absolute Gasteiger partial charge is 0.545 e. The van der Waals surface area contributed by atoms with E-state index in [1.807, 2.05) is 24.3 Å². The summed E-state index contributed by atoms with van der Waals surface area (Å²) in [6.07, 6.45) is 27.7. The second-order valence-electron chi connectivity index (χ2n) is 11.8. The van der Waals surface area contributed by atoms with Crippen molar-refractivity contribution in [2.75, 3.05) is 0 Å². The van der Waals surface area contributed by atoms with Gasteiger partial charge in [-0.2, -0.15) is 0 Å². The van der Waals surface area contributed by atoms with Gasteiger partial charge in [-0.25, -0.2) is 0 Å². The number of unbranched alkanes of at least 4 members (excludes halogenated alkanes) is 18. The SMILES string of the molecule is CCCCCCCCCCCCc1ccccc1C(=O)[O-].CCCCCCCCCCCCc1ccccc1C(=O)[O-].[Zn+2]. The molecule has 0 spiro atoms. The van der Waals surface area contributed by atoms with Gasteiger partial charge in [0.25, 0.3) is 0 Å². The van der Waals surface area contributed by atoms with Crippen molar-refractivity contribution in [2.45, 2.75) is 155 Å². The van der Waals surface area contributed by atoms with Gasteiger partial charge in [-0.05, 0) is 36.8 Å². The van der Waals surface area contributed by atoms with E-state index in [4.69, 9.17) is 0 Å². The van der Waals surface area contributed by atoms with Crippen molar-refractivity contribution in [1.29, 1.82) is 0 Å². The van der Waals surface area contributed by atoms with Crippen molar-refractivity contribution in [3.63, 3.8) is 0 Å². The number of carboxylic acid groups (broad SMARTS) is 2. The van der Waals surface area contributed by atoms with Gasteiger partial charge in [-0.1, -0.05) is 178 Å². The number of aromatic carboxylic acids is 2. The van der Waals surface area contributed by atoms with E-state index in [0.717, 1.165) is 36.8 Å². The zero-order chi connectivity index (χ0) is 30.7. The van der Waals surface area contributed by atoms with Gasteiger partial charge in [-0.3, -0.25) is 0 Å². The molecule has 43 heavy (non-hydrogen) atoms. The van der Waals surface area contributed by atoms with E-state index in [1.54, 1.807) is 24.3 Å². The second-order valence-corrected chi connectivity index (χ2v) is 11.8. The Kier molecular flexibility index (Phi) is 27.4. The molecule has 0 saturated heterocycles. The molecule has 5 heteroatoms. The molecule has 0 aliphatic carbocycles. The minimum Gasteiger partial charge on any atom is -0.545 e. The third-order valence-electron chi connectivity index (χ3n) is 8.07. The summed E-state index contributed by atoms with van der Waals surface area (Å²) in [6.45, 7) is 4.50. The Morgan fingerprint density at radius 1 is 0.442 bits per heavy atom. The van der Waals surface area contributed by atoms with Gasteiger partial charge in [0, 0.05) is 11.1 Å². The molecule has 4 nitrogen and oxygen atoms in total. The Bertz CT molecular complexity index is 881. The monoisotopic (exact) mass is 642 g/mol. The molecule has 0 saturated carbocycles. The van der Waals surface area contributed by atoms with Crippen LogP contribution >= 0.6 is 0 Å². The first-order chi connectivity index (χ1) is 20.5. The number of aryl methyl sites for hydroxylation is 2. The summed E-state index contributed by atoms with van der Waals surface area (Å²) < 4.78 is 0. The first kappa shape index (κ1) is 41.0. The van der Waals surface area contributed by atoms with E-state index in [1.165, 1.54) is 116 Å². The van der Waals surface area contributed by atoms with Gasteiger partial charge in [0.1, 0.15) is 0 Å². The maximum atomic E-state index is 11.0. The van der Waals surface area contributed by atoms with Crippen molar-refractivity contribution >= 4 is 11.9 Å². The minimum absolute atomic E-state index is 0. The van der Waals surface area contributed by atoms with E-state index in [0.29, 0.717) is 11.1 Å². The van der Waals surface area contributed by atoms with Crippen LogP contribution in [-0.2, 0) is 32.3 Å². The van der Waals surface area contributed by atoms with Crippen LogP contribution in [0, 0.1) is 0 Å². The van der Waals surface area contributed by atoms with Crippen LogP contribution in [0.2, 0.25) is 0 Å². The molecule has 0 N–H and O–H groups in total. The minimum atomic E-state index is -1.06. The number of rotatable bonds is 24. The maximum absolute atomic E-state index is 11.0. The van der Waals surface area contributed by atoms with Gasteiger partial charge in [0.2, 0.25) is 0 Å². The zero-order valence-corrected chi connectivity index (χ0v) is 30.5. The fourth-order valence-corrected chi connectivity index (χ4v) is 5.48. The predicted molar refractivity (Wildman–Crippen MR) is 173 cm³/mol. The Morgan fingerprint density at radius 2 is 0.698 bits per heavy atom. The molecule has 0 aliphatic rings. The number of hydrogen-bond donors (Lipinski definition) is 0. The molecule has 2 aromatic carbocycles. The third kappa shape index (κ3) is 21.4. The van der Waals surface area contributed by atoms with Gasteiger partial charge in [0.05, 0.1) is 11.9 Å². The average Bonchev–Trinajstić information content (AvgIpc) is 2.99. The maximum Gasteiger partial charge on any atom is 2.00 e. The topological polar surface area (TPSA) is 80.3 Å². The van der Waals surface area contributed by atoms with E-state index in [9.17, 15) is 19.8 Å². The van der Waals surface area contributed by atoms with Crippen molar-refractivity contribution in [3.8, 4) is 0 Å². The van der Waals surface area contributed by atoms with E-state index < -0.39 is 11.9 Å². The third-order valence-corrected chi connectivity index (χ3v) is 8.07. The average molecular weight is 644 g/mol. The molecule has 236 valence electrons. The van der Waals surface area contributed by atoms with Crippen LogP contribution in [0.1, 0.15) is 174 Å².